The highest BCUT2D eigenvalue weighted by atomic mass is 32.2. The zero-order valence-electron chi connectivity index (χ0n) is 12.3. The molecule has 0 aromatic heterocycles. The van der Waals surface area contributed by atoms with Crippen LogP contribution in [0.5, 0.6) is 0 Å². The second kappa shape index (κ2) is 5.61. The minimum atomic E-state index is -3.43. The molecule has 1 saturated heterocycles. The summed E-state index contributed by atoms with van der Waals surface area (Å²) in [4.78, 5) is 2.45. The number of hydrogen-bond donors (Lipinski definition) is 2. The molecule has 1 aromatic rings. The van der Waals surface area contributed by atoms with Gasteiger partial charge in [0.05, 0.1) is 16.3 Å². The van der Waals surface area contributed by atoms with Crippen LogP contribution in [-0.4, -0.2) is 28.6 Å². The number of rotatable bonds is 3. The Bertz CT molecular complexity index is 586. The van der Waals surface area contributed by atoms with Crippen molar-refractivity contribution in [1.29, 1.82) is 0 Å². The lowest BCUT2D eigenvalue weighted by Crippen LogP contribution is -2.38. The van der Waals surface area contributed by atoms with Crippen molar-refractivity contribution in [3.8, 4) is 0 Å². The number of hydrogen-bond acceptors (Lipinski definition) is 4. The Hall–Kier alpha value is -1.27. The van der Waals surface area contributed by atoms with Crippen LogP contribution in [0.15, 0.2) is 23.1 Å². The molecule has 0 aliphatic carbocycles. The van der Waals surface area contributed by atoms with E-state index in [0.29, 0.717) is 17.5 Å². The fraction of sp³-hybridized carbons (Fsp3) is 0.571. The van der Waals surface area contributed by atoms with Gasteiger partial charge in [-0.2, -0.15) is 0 Å². The molecule has 0 amide bonds. The van der Waals surface area contributed by atoms with Gasteiger partial charge in [0.1, 0.15) is 0 Å². The summed E-state index contributed by atoms with van der Waals surface area (Å²) in [5.74, 6) is 1.27. The van der Waals surface area contributed by atoms with Crippen molar-refractivity contribution in [1.82, 2.24) is 4.72 Å². The van der Waals surface area contributed by atoms with Crippen molar-refractivity contribution < 1.29 is 8.42 Å². The summed E-state index contributed by atoms with van der Waals surface area (Å²) in [6, 6.07) is 4.88. The van der Waals surface area contributed by atoms with Gasteiger partial charge in [-0.3, -0.25) is 0 Å². The average Bonchev–Trinajstić information content (AvgIpc) is 2.42. The maximum Gasteiger partial charge on any atom is 0.240 e. The van der Waals surface area contributed by atoms with Gasteiger partial charge in [-0.15, -0.1) is 0 Å². The predicted molar refractivity (Wildman–Crippen MR) is 82.3 cm³/mol. The van der Waals surface area contributed by atoms with E-state index in [2.05, 4.69) is 23.5 Å². The van der Waals surface area contributed by atoms with Crippen molar-refractivity contribution in [3.63, 3.8) is 0 Å². The van der Waals surface area contributed by atoms with E-state index in [0.717, 1.165) is 25.2 Å². The lowest BCUT2D eigenvalue weighted by atomic mass is 9.88. The summed E-state index contributed by atoms with van der Waals surface area (Å²) in [5.41, 5.74) is 7.47. The van der Waals surface area contributed by atoms with Gasteiger partial charge >= 0.3 is 0 Å². The molecule has 0 radical (unpaired) electrons. The second-order valence-electron chi connectivity index (χ2n) is 5.62. The van der Waals surface area contributed by atoms with Crippen LogP contribution < -0.4 is 15.4 Å². The van der Waals surface area contributed by atoms with E-state index >= 15 is 0 Å². The Balaban J connectivity index is 2.35. The Morgan fingerprint density at radius 2 is 2.00 bits per heavy atom. The first-order valence-electron chi connectivity index (χ1n) is 6.93. The number of anilines is 2. The van der Waals surface area contributed by atoms with E-state index in [1.807, 2.05) is 0 Å². The van der Waals surface area contributed by atoms with E-state index in [4.69, 9.17) is 5.73 Å². The van der Waals surface area contributed by atoms with Gasteiger partial charge in [0, 0.05) is 13.1 Å². The van der Waals surface area contributed by atoms with Gasteiger partial charge in [0.25, 0.3) is 0 Å². The minimum absolute atomic E-state index is 0.260. The van der Waals surface area contributed by atoms with Crippen molar-refractivity contribution in [2.45, 2.75) is 25.2 Å². The highest BCUT2D eigenvalue weighted by Crippen LogP contribution is 2.32. The number of nitrogens with two attached hydrogens (primary N) is 1. The number of sulfonamides is 1. The Labute approximate surface area is 121 Å². The molecule has 1 aromatic carbocycles. The Morgan fingerprint density at radius 1 is 1.30 bits per heavy atom. The summed E-state index contributed by atoms with van der Waals surface area (Å²) < 4.78 is 26.1. The molecule has 1 aliphatic heterocycles. The summed E-state index contributed by atoms with van der Waals surface area (Å²) >= 11 is 0. The third-order valence-corrected chi connectivity index (χ3v) is 5.67. The molecule has 6 heteroatoms. The van der Waals surface area contributed by atoms with Crippen molar-refractivity contribution in [2.24, 2.45) is 11.8 Å². The van der Waals surface area contributed by atoms with Gasteiger partial charge in [0.15, 0.2) is 0 Å². The van der Waals surface area contributed by atoms with Gasteiger partial charge in [-0.1, -0.05) is 13.8 Å². The molecule has 20 heavy (non-hydrogen) atoms. The first-order valence-corrected chi connectivity index (χ1v) is 8.41. The van der Waals surface area contributed by atoms with Gasteiger partial charge in [-0.05, 0) is 43.5 Å². The number of benzene rings is 1. The summed E-state index contributed by atoms with van der Waals surface area (Å²) in [5, 5.41) is 0. The van der Waals surface area contributed by atoms with Crippen LogP contribution >= 0.6 is 0 Å². The third kappa shape index (κ3) is 2.91. The van der Waals surface area contributed by atoms with Crippen molar-refractivity contribution in [2.75, 3.05) is 30.8 Å². The smallest absolute Gasteiger partial charge is 0.240 e. The number of nitrogens with zero attached hydrogens (tertiary/aromatic N) is 1. The lowest BCUT2D eigenvalue weighted by molar-refractivity contribution is 0.324. The fourth-order valence-corrected chi connectivity index (χ4v) is 3.31. The molecule has 3 N–H and O–H groups in total. The SMILES string of the molecule is CNS(=O)(=O)c1ccc(N)c(N2CCC(C)C(C)C2)c1. The quantitative estimate of drug-likeness (QED) is 0.832. The standard InChI is InChI=1S/C14H23N3O2S/c1-10-6-7-17(9-11(10)2)14-8-12(4-5-13(14)15)20(18,19)16-3/h4-5,8,10-11,16H,6-7,9,15H2,1-3H3. The van der Waals surface area contributed by atoms with Crippen LogP contribution in [0.3, 0.4) is 0 Å². The van der Waals surface area contributed by atoms with E-state index in [9.17, 15) is 8.42 Å². The summed E-state index contributed by atoms with van der Waals surface area (Å²) in [7, 11) is -2.02. The first-order chi connectivity index (χ1) is 9.35. The molecule has 2 rings (SSSR count). The molecule has 2 atom stereocenters. The monoisotopic (exact) mass is 297 g/mol. The third-order valence-electron chi connectivity index (χ3n) is 4.26. The van der Waals surface area contributed by atoms with E-state index in [-0.39, 0.29) is 4.90 Å². The Kier molecular flexibility index (Phi) is 4.25. The number of nitrogens with one attached hydrogen (secondary N) is 1. The molecule has 0 bridgehead atoms. The van der Waals surface area contributed by atoms with Crippen molar-refractivity contribution in [3.05, 3.63) is 18.2 Å². The van der Waals surface area contributed by atoms with Crippen LogP contribution in [-0.2, 0) is 10.0 Å². The zero-order chi connectivity index (χ0) is 14.9. The van der Waals surface area contributed by atoms with E-state index in [1.165, 1.54) is 7.05 Å². The molecule has 2 unspecified atom stereocenters. The van der Waals surface area contributed by atoms with Gasteiger partial charge in [-0.25, -0.2) is 13.1 Å². The molecule has 112 valence electrons. The molecule has 1 heterocycles. The van der Waals surface area contributed by atoms with E-state index in [1.54, 1.807) is 18.2 Å². The van der Waals surface area contributed by atoms with Crippen LogP contribution in [0.2, 0.25) is 0 Å². The van der Waals surface area contributed by atoms with Crippen molar-refractivity contribution >= 4 is 21.4 Å². The molecule has 0 spiro atoms. The average molecular weight is 297 g/mol. The largest absolute Gasteiger partial charge is 0.397 e. The topological polar surface area (TPSA) is 75.4 Å². The van der Waals surface area contributed by atoms with Crippen LogP contribution in [0.1, 0.15) is 20.3 Å². The molecule has 5 nitrogen and oxygen atoms in total. The van der Waals surface area contributed by atoms with E-state index < -0.39 is 10.0 Å². The van der Waals surface area contributed by atoms with Crippen LogP contribution in [0.25, 0.3) is 0 Å². The maximum absolute atomic E-state index is 11.9. The predicted octanol–water partition coefficient (Wildman–Crippen LogP) is 1.66. The molecule has 1 aliphatic rings. The Morgan fingerprint density at radius 3 is 2.60 bits per heavy atom. The van der Waals surface area contributed by atoms with Crippen LogP contribution in [0.4, 0.5) is 11.4 Å². The number of piperidine rings is 1. The second-order valence-corrected chi connectivity index (χ2v) is 7.50. The number of nitrogen functional groups attached to an aromatic ring is 1. The fourth-order valence-electron chi connectivity index (χ4n) is 2.56. The molecule has 0 saturated carbocycles. The molecule has 1 fully saturated rings. The first kappa shape index (κ1) is 15.1. The van der Waals surface area contributed by atoms with Crippen LogP contribution in [0, 0.1) is 11.8 Å². The highest BCUT2D eigenvalue weighted by Gasteiger charge is 2.25. The molecular weight excluding hydrogens is 274 g/mol. The maximum atomic E-state index is 11.9. The van der Waals surface area contributed by atoms with Gasteiger partial charge in [0.2, 0.25) is 10.0 Å². The lowest BCUT2D eigenvalue weighted by Gasteiger charge is -2.37. The normalized spacial score (nSPS) is 23.9. The molecular formula is C14H23N3O2S. The zero-order valence-corrected chi connectivity index (χ0v) is 13.1. The minimum Gasteiger partial charge on any atom is -0.397 e. The van der Waals surface area contributed by atoms with Gasteiger partial charge < -0.3 is 10.6 Å². The highest BCUT2D eigenvalue weighted by molar-refractivity contribution is 7.89. The summed E-state index contributed by atoms with van der Waals surface area (Å²) in [6.07, 6.45) is 1.10. The summed E-state index contributed by atoms with van der Waals surface area (Å²) in [6.45, 7) is 6.31.